The lowest BCUT2D eigenvalue weighted by Gasteiger charge is -2.40. The molecular weight excluding hydrogens is 436 g/mol. The van der Waals surface area contributed by atoms with E-state index in [0.717, 1.165) is 43.5 Å². The predicted octanol–water partition coefficient (Wildman–Crippen LogP) is 5.04. The standard InChI is InChI=1S/C27H33F2N3O2/c1-18(2)19-7-10-22(11-8-19)30-26(33)25(20-5-3-4-6-20)31-13-15-32(16-14-31)27(34)23-12-9-21(28)17-24(23)29/h7-12,17-18,20,25H,3-6,13-16H2,1-2H3,(H,30,33)/t25-/m0/s1. The summed E-state index contributed by atoms with van der Waals surface area (Å²) < 4.78 is 27.3. The smallest absolute Gasteiger partial charge is 0.256 e. The van der Waals surface area contributed by atoms with E-state index >= 15 is 0 Å². The van der Waals surface area contributed by atoms with Crippen LogP contribution in [-0.4, -0.2) is 53.8 Å². The van der Waals surface area contributed by atoms with Crippen LogP contribution < -0.4 is 5.32 Å². The van der Waals surface area contributed by atoms with Gasteiger partial charge in [0.25, 0.3) is 5.91 Å². The number of anilines is 1. The highest BCUT2D eigenvalue weighted by atomic mass is 19.1. The van der Waals surface area contributed by atoms with Crippen LogP contribution in [0.2, 0.25) is 0 Å². The highest BCUT2D eigenvalue weighted by Gasteiger charge is 2.37. The largest absolute Gasteiger partial charge is 0.336 e. The van der Waals surface area contributed by atoms with E-state index in [1.54, 1.807) is 4.90 Å². The van der Waals surface area contributed by atoms with Crippen molar-refractivity contribution in [2.45, 2.75) is 51.5 Å². The molecule has 1 N–H and O–H groups in total. The molecule has 0 aromatic heterocycles. The number of piperazine rings is 1. The van der Waals surface area contributed by atoms with Crippen LogP contribution >= 0.6 is 0 Å². The molecule has 1 saturated carbocycles. The van der Waals surface area contributed by atoms with Gasteiger partial charge in [-0.1, -0.05) is 38.8 Å². The third-order valence-corrected chi connectivity index (χ3v) is 7.12. The van der Waals surface area contributed by atoms with Crippen LogP contribution in [0, 0.1) is 17.6 Å². The Bertz CT molecular complexity index is 1010. The molecule has 0 bridgehead atoms. The lowest BCUT2D eigenvalue weighted by molar-refractivity contribution is -0.123. The molecule has 1 heterocycles. The first-order valence-electron chi connectivity index (χ1n) is 12.2. The van der Waals surface area contributed by atoms with Gasteiger partial charge in [-0.15, -0.1) is 0 Å². The van der Waals surface area contributed by atoms with Gasteiger partial charge in [-0.05, 0) is 54.5 Å². The number of benzene rings is 2. The van der Waals surface area contributed by atoms with Crippen LogP contribution in [0.3, 0.4) is 0 Å². The molecule has 7 heteroatoms. The summed E-state index contributed by atoms with van der Waals surface area (Å²) >= 11 is 0. The van der Waals surface area contributed by atoms with Crippen LogP contribution in [0.1, 0.15) is 61.4 Å². The highest BCUT2D eigenvalue weighted by Crippen LogP contribution is 2.32. The van der Waals surface area contributed by atoms with E-state index in [2.05, 4.69) is 24.1 Å². The fourth-order valence-electron chi connectivity index (χ4n) is 5.16. The van der Waals surface area contributed by atoms with E-state index in [1.165, 1.54) is 11.6 Å². The van der Waals surface area contributed by atoms with Crippen molar-refractivity contribution in [3.63, 3.8) is 0 Å². The van der Waals surface area contributed by atoms with Crippen molar-refractivity contribution in [3.8, 4) is 0 Å². The molecule has 4 rings (SSSR count). The quantitative estimate of drug-likeness (QED) is 0.645. The second kappa shape index (κ2) is 10.6. The van der Waals surface area contributed by atoms with Crippen LogP contribution in [0.5, 0.6) is 0 Å². The normalized spacial score (nSPS) is 18.3. The summed E-state index contributed by atoms with van der Waals surface area (Å²) in [6.07, 6.45) is 4.29. The van der Waals surface area contributed by atoms with Crippen molar-refractivity contribution < 1.29 is 18.4 Å². The monoisotopic (exact) mass is 469 g/mol. The fraction of sp³-hybridized carbons (Fsp3) is 0.481. The van der Waals surface area contributed by atoms with E-state index < -0.39 is 17.5 Å². The van der Waals surface area contributed by atoms with Crippen molar-refractivity contribution in [1.29, 1.82) is 0 Å². The third-order valence-electron chi connectivity index (χ3n) is 7.12. The molecule has 2 aromatic carbocycles. The van der Waals surface area contributed by atoms with Crippen molar-refractivity contribution in [2.75, 3.05) is 31.5 Å². The van der Waals surface area contributed by atoms with Gasteiger partial charge in [0.1, 0.15) is 11.6 Å². The summed E-state index contributed by atoms with van der Waals surface area (Å²) in [5.41, 5.74) is 1.89. The molecule has 1 aliphatic heterocycles. The molecule has 5 nitrogen and oxygen atoms in total. The summed E-state index contributed by atoms with van der Waals surface area (Å²) in [7, 11) is 0. The van der Waals surface area contributed by atoms with Gasteiger partial charge in [0.05, 0.1) is 11.6 Å². The molecule has 1 saturated heterocycles. The number of nitrogens with zero attached hydrogens (tertiary/aromatic N) is 2. The number of hydrogen-bond acceptors (Lipinski definition) is 3. The van der Waals surface area contributed by atoms with Crippen molar-refractivity contribution in [3.05, 3.63) is 65.2 Å². The average molecular weight is 470 g/mol. The molecule has 0 radical (unpaired) electrons. The first-order chi connectivity index (χ1) is 16.3. The van der Waals surface area contributed by atoms with Crippen molar-refractivity contribution >= 4 is 17.5 Å². The maximum atomic E-state index is 14.1. The van der Waals surface area contributed by atoms with E-state index in [1.807, 2.05) is 24.3 Å². The highest BCUT2D eigenvalue weighted by molar-refractivity contribution is 5.96. The number of rotatable bonds is 6. The Labute approximate surface area is 200 Å². The van der Waals surface area contributed by atoms with Crippen LogP contribution in [0.25, 0.3) is 0 Å². The summed E-state index contributed by atoms with van der Waals surface area (Å²) in [6.45, 7) is 6.15. The van der Waals surface area contributed by atoms with E-state index in [-0.39, 0.29) is 23.4 Å². The molecule has 182 valence electrons. The maximum absolute atomic E-state index is 14.1. The summed E-state index contributed by atoms with van der Waals surface area (Å²) in [5.74, 6) is -1.29. The Morgan fingerprint density at radius 2 is 1.59 bits per heavy atom. The van der Waals surface area contributed by atoms with E-state index in [0.29, 0.717) is 32.1 Å². The second-order valence-corrected chi connectivity index (χ2v) is 9.71. The molecule has 1 aliphatic carbocycles. The van der Waals surface area contributed by atoms with Crippen molar-refractivity contribution in [2.24, 2.45) is 5.92 Å². The average Bonchev–Trinajstić information content (AvgIpc) is 3.34. The molecule has 2 fully saturated rings. The van der Waals surface area contributed by atoms with E-state index in [4.69, 9.17) is 0 Å². The summed E-state index contributed by atoms with van der Waals surface area (Å²) in [6, 6.07) is 10.8. The van der Waals surface area contributed by atoms with E-state index in [9.17, 15) is 18.4 Å². The number of nitrogens with one attached hydrogen (secondary N) is 1. The first kappa shape index (κ1) is 24.3. The van der Waals surface area contributed by atoms with Gasteiger partial charge < -0.3 is 10.2 Å². The van der Waals surface area contributed by atoms with Crippen molar-refractivity contribution in [1.82, 2.24) is 9.80 Å². The second-order valence-electron chi connectivity index (χ2n) is 9.71. The van der Waals surface area contributed by atoms with Gasteiger partial charge in [-0.3, -0.25) is 14.5 Å². The Balaban J connectivity index is 1.43. The van der Waals surface area contributed by atoms with Crippen LogP contribution in [-0.2, 0) is 4.79 Å². The number of halogens is 2. The van der Waals surface area contributed by atoms with Gasteiger partial charge in [-0.25, -0.2) is 8.78 Å². The summed E-state index contributed by atoms with van der Waals surface area (Å²) in [5, 5.41) is 3.11. The fourth-order valence-corrected chi connectivity index (χ4v) is 5.16. The van der Waals surface area contributed by atoms with Gasteiger partial charge in [0.2, 0.25) is 5.91 Å². The maximum Gasteiger partial charge on any atom is 0.256 e. The minimum absolute atomic E-state index is 0.00597. The minimum Gasteiger partial charge on any atom is -0.336 e. The molecule has 1 atom stereocenters. The molecule has 2 aromatic rings. The van der Waals surface area contributed by atoms with Gasteiger partial charge in [-0.2, -0.15) is 0 Å². The molecule has 0 unspecified atom stereocenters. The lowest BCUT2D eigenvalue weighted by atomic mass is 9.94. The Morgan fingerprint density at radius 1 is 0.941 bits per heavy atom. The lowest BCUT2D eigenvalue weighted by Crippen LogP contribution is -2.57. The SMILES string of the molecule is CC(C)c1ccc(NC(=O)[C@H](C2CCCC2)N2CCN(C(=O)c3ccc(F)cc3F)CC2)cc1. The topological polar surface area (TPSA) is 52.7 Å². The molecular formula is C27H33F2N3O2. The molecule has 2 amide bonds. The Kier molecular flexibility index (Phi) is 7.61. The van der Waals surface area contributed by atoms with Gasteiger partial charge >= 0.3 is 0 Å². The van der Waals surface area contributed by atoms with Gasteiger partial charge in [0, 0.05) is 37.9 Å². The number of carbonyl (C=O) groups excluding carboxylic acids is 2. The zero-order valence-electron chi connectivity index (χ0n) is 19.9. The molecule has 2 aliphatic rings. The number of hydrogen-bond donors (Lipinski definition) is 1. The molecule has 0 spiro atoms. The Morgan fingerprint density at radius 3 is 2.18 bits per heavy atom. The van der Waals surface area contributed by atoms with Crippen LogP contribution in [0.15, 0.2) is 42.5 Å². The van der Waals surface area contributed by atoms with Crippen LogP contribution in [0.4, 0.5) is 14.5 Å². The number of carbonyl (C=O) groups is 2. The number of amides is 2. The summed E-state index contributed by atoms with van der Waals surface area (Å²) in [4.78, 5) is 29.9. The predicted molar refractivity (Wildman–Crippen MR) is 129 cm³/mol. The van der Waals surface area contributed by atoms with Gasteiger partial charge in [0.15, 0.2) is 0 Å². The Hall–Kier alpha value is -2.80. The molecule has 34 heavy (non-hydrogen) atoms. The third kappa shape index (κ3) is 5.46. The zero-order valence-corrected chi connectivity index (χ0v) is 19.9. The zero-order chi connectivity index (χ0) is 24.2. The first-order valence-corrected chi connectivity index (χ1v) is 12.2. The minimum atomic E-state index is -0.848.